The maximum absolute atomic E-state index is 6.59. The molecule has 1 aromatic heterocycles. The first-order chi connectivity index (χ1) is 26.0. The van der Waals surface area contributed by atoms with E-state index in [1.807, 2.05) is 6.07 Å². The normalized spacial score (nSPS) is 17.7. The summed E-state index contributed by atoms with van der Waals surface area (Å²) in [5, 5.41) is 2.47. The van der Waals surface area contributed by atoms with E-state index in [0.717, 1.165) is 39.9 Å². The van der Waals surface area contributed by atoms with Gasteiger partial charge in [0.1, 0.15) is 0 Å². The second-order valence-corrected chi connectivity index (χ2v) is 17.4. The van der Waals surface area contributed by atoms with Gasteiger partial charge in [-0.1, -0.05) is 120 Å². The summed E-state index contributed by atoms with van der Waals surface area (Å²) in [6.45, 7) is 13.7. The van der Waals surface area contributed by atoms with E-state index in [4.69, 9.17) is 9.47 Å². The fourth-order valence-electron chi connectivity index (χ4n) is 9.08. The van der Waals surface area contributed by atoms with Crippen LogP contribution >= 0.6 is 0 Å². The summed E-state index contributed by atoms with van der Waals surface area (Å²) in [6.07, 6.45) is 7.20. The number of hydrogen-bond donors (Lipinski definition) is 0. The van der Waals surface area contributed by atoms with Crippen LogP contribution in [0.5, 0.6) is 23.0 Å². The van der Waals surface area contributed by atoms with Crippen molar-refractivity contribution in [1.29, 1.82) is 0 Å². The Morgan fingerprint density at radius 1 is 0.556 bits per heavy atom. The second kappa shape index (κ2) is 10.8. The molecule has 0 bridgehead atoms. The summed E-state index contributed by atoms with van der Waals surface area (Å²) in [5.41, 5.74) is 14.6. The molecule has 0 spiro atoms. The van der Waals surface area contributed by atoms with Gasteiger partial charge in [0.2, 0.25) is 0 Å². The minimum atomic E-state index is -0.0143. The molecule has 264 valence electrons. The second-order valence-electron chi connectivity index (χ2n) is 17.4. The average Bonchev–Trinajstić information content (AvgIpc) is 3.68. The lowest BCUT2D eigenvalue weighted by Gasteiger charge is -2.34. The Morgan fingerprint density at radius 2 is 1.19 bits per heavy atom. The topological polar surface area (TPSA) is 26.6 Å². The monoisotopic (exact) mass is 702 g/mol. The zero-order valence-corrected chi connectivity index (χ0v) is 31.6. The van der Waals surface area contributed by atoms with E-state index >= 15 is 0 Å². The van der Waals surface area contributed by atoms with Crippen LogP contribution in [-0.4, -0.2) is 10.6 Å². The lowest BCUT2D eigenvalue weighted by molar-refractivity contribution is 0.470. The highest BCUT2D eigenvalue weighted by Gasteiger charge is 2.44. The Balaban J connectivity index is 0.988. The molecular formula is C50H42N2O2. The van der Waals surface area contributed by atoms with Gasteiger partial charge >= 0.3 is 0 Å². The Kier molecular flexibility index (Phi) is 6.30. The van der Waals surface area contributed by atoms with E-state index in [9.17, 15) is 0 Å². The maximum Gasteiger partial charge on any atom is 0.152 e. The summed E-state index contributed by atoms with van der Waals surface area (Å²) in [6, 6.07) is 42.3. The van der Waals surface area contributed by atoms with Crippen molar-refractivity contribution < 1.29 is 9.47 Å². The van der Waals surface area contributed by atoms with Crippen LogP contribution in [0.3, 0.4) is 0 Å². The Labute approximate surface area is 316 Å². The van der Waals surface area contributed by atoms with Gasteiger partial charge in [-0.05, 0) is 104 Å². The third kappa shape index (κ3) is 4.49. The van der Waals surface area contributed by atoms with Crippen LogP contribution in [0.25, 0.3) is 44.2 Å². The number of nitrogens with zero attached hydrogens (tertiary/aromatic N) is 2. The van der Waals surface area contributed by atoms with Crippen molar-refractivity contribution in [3.63, 3.8) is 0 Å². The van der Waals surface area contributed by atoms with Crippen LogP contribution in [-0.2, 0) is 10.8 Å². The standard InChI is InChI=1S/C50H42N2O2/c1-49(2,3)33-25-37-35-23-31(19-21-39(35)51-41-11-7-9-13-43(41)53-45(27-33)47(37)51)29-15-17-30(18-16-29)32-20-22-40-36(24-32)38-26-34(50(4,5)6)28-46-48(38)52(40)42-12-8-10-14-44(42)54-46/h7-28,35,39H,1-6H3. The first-order valence-electron chi connectivity index (χ1n) is 19.2. The number of ether oxygens (including phenoxy) is 2. The first-order valence-corrected chi connectivity index (χ1v) is 19.2. The Bertz CT molecular complexity index is 2800. The van der Waals surface area contributed by atoms with Gasteiger partial charge in [-0.2, -0.15) is 0 Å². The van der Waals surface area contributed by atoms with E-state index in [0.29, 0.717) is 0 Å². The number of allylic oxidation sites excluding steroid dienone is 2. The van der Waals surface area contributed by atoms with Crippen LogP contribution in [0.2, 0.25) is 0 Å². The fraction of sp³-hybridized carbons (Fsp3) is 0.200. The van der Waals surface area contributed by atoms with Crippen LogP contribution < -0.4 is 14.4 Å². The molecule has 0 fully saturated rings. The highest BCUT2D eigenvalue weighted by molar-refractivity contribution is 6.13. The van der Waals surface area contributed by atoms with Gasteiger partial charge < -0.3 is 18.9 Å². The highest BCUT2D eigenvalue weighted by Crippen LogP contribution is 2.59. The molecule has 7 aromatic rings. The number of rotatable bonds is 2. The molecular weight excluding hydrogens is 661 g/mol. The predicted octanol–water partition coefficient (Wildman–Crippen LogP) is 13.5. The van der Waals surface area contributed by atoms with Gasteiger partial charge in [-0.15, -0.1) is 0 Å². The molecule has 4 heteroatoms. The predicted molar refractivity (Wildman–Crippen MR) is 222 cm³/mol. The van der Waals surface area contributed by atoms with Gasteiger partial charge in [0, 0.05) is 16.7 Å². The third-order valence-electron chi connectivity index (χ3n) is 12.0. The zero-order valence-electron chi connectivity index (χ0n) is 31.6. The molecule has 0 amide bonds. The average molecular weight is 703 g/mol. The fourth-order valence-corrected chi connectivity index (χ4v) is 9.08. The SMILES string of the molecule is CC(C)(C)c1cc2c3c(c1)C1C=C(c4ccc(-c5ccc6c(c5)c5cc(C(C)(C)C)cc7c5n6-c5ccccc5O7)cc4)C=CC1N3c1ccccc1O2. The molecule has 4 nitrogen and oxygen atoms in total. The van der Waals surface area contributed by atoms with Crippen molar-refractivity contribution in [2.75, 3.05) is 4.90 Å². The molecule has 11 rings (SSSR count). The number of benzene rings is 6. The zero-order chi connectivity index (χ0) is 36.7. The lowest BCUT2D eigenvalue weighted by Crippen LogP contribution is -2.30. The number of anilines is 2. The molecule has 0 radical (unpaired) electrons. The van der Waals surface area contributed by atoms with Crippen molar-refractivity contribution in [3.8, 4) is 39.8 Å². The smallest absolute Gasteiger partial charge is 0.152 e. The largest absolute Gasteiger partial charge is 0.453 e. The minimum absolute atomic E-state index is 0.00516. The van der Waals surface area contributed by atoms with Crippen molar-refractivity contribution in [2.24, 2.45) is 0 Å². The van der Waals surface area contributed by atoms with E-state index in [-0.39, 0.29) is 22.8 Å². The van der Waals surface area contributed by atoms with E-state index in [1.165, 1.54) is 60.9 Å². The number of aromatic nitrogens is 1. The third-order valence-corrected chi connectivity index (χ3v) is 12.0. The quantitative estimate of drug-likeness (QED) is 0.179. The molecule has 0 saturated heterocycles. The summed E-state index contributed by atoms with van der Waals surface area (Å²) >= 11 is 0. The van der Waals surface area contributed by atoms with E-state index < -0.39 is 0 Å². The molecule has 6 aromatic carbocycles. The summed E-state index contributed by atoms with van der Waals surface area (Å²) < 4.78 is 15.5. The van der Waals surface area contributed by atoms with Crippen LogP contribution in [0, 0.1) is 0 Å². The lowest BCUT2D eigenvalue weighted by atomic mass is 9.81. The molecule has 2 unspecified atom stereocenters. The highest BCUT2D eigenvalue weighted by atomic mass is 16.5. The molecule has 4 heterocycles. The Hall–Kier alpha value is -6.00. The summed E-state index contributed by atoms with van der Waals surface area (Å²) in [5.74, 6) is 3.91. The van der Waals surface area contributed by atoms with Crippen molar-refractivity contribution in [2.45, 2.75) is 64.3 Å². The van der Waals surface area contributed by atoms with Gasteiger partial charge in [-0.3, -0.25) is 0 Å². The molecule has 2 atom stereocenters. The van der Waals surface area contributed by atoms with E-state index in [1.54, 1.807) is 0 Å². The van der Waals surface area contributed by atoms with E-state index in [2.05, 4.69) is 178 Å². The van der Waals surface area contributed by atoms with Crippen LogP contribution in [0.15, 0.2) is 133 Å². The van der Waals surface area contributed by atoms with Crippen molar-refractivity contribution in [1.82, 2.24) is 4.57 Å². The van der Waals surface area contributed by atoms with Crippen LogP contribution in [0.4, 0.5) is 11.4 Å². The number of fused-ring (bicyclic) bond motifs is 10. The van der Waals surface area contributed by atoms with Gasteiger partial charge in [-0.25, -0.2) is 0 Å². The van der Waals surface area contributed by atoms with Crippen molar-refractivity contribution in [3.05, 3.63) is 156 Å². The molecule has 0 saturated carbocycles. The van der Waals surface area contributed by atoms with Gasteiger partial charge in [0.15, 0.2) is 23.0 Å². The number of hydrogen-bond acceptors (Lipinski definition) is 3. The summed E-state index contributed by atoms with van der Waals surface area (Å²) in [7, 11) is 0. The van der Waals surface area contributed by atoms with Crippen LogP contribution in [0.1, 0.15) is 69.7 Å². The molecule has 3 aliphatic heterocycles. The maximum atomic E-state index is 6.59. The van der Waals surface area contributed by atoms with Gasteiger partial charge in [0.05, 0.1) is 34.1 Å². The molecule has 1 aliphatic carbocycles. The van der Waals surface area contributed by atoms with Gasteiger partial charge in [0.25, 0.3) is 0 Å². The number of para-hydroxylation sites is 4. The molecule has 54 heavy (non-hydrogen) atoms. The first kappa shape index (κ1) is 31.5. The minimum Gasteiger partial charge on any atom is -0.453 e. The molecule has 4 aliphatic rings. The Morgan fingerprint density at radius 3 is 1.94 bits per heavy atom. The molecule has 0 N–H and O–H groups in total. The summed E-state index contributed by atoms with van der Waals surface area (Å²) in [4.78, 5) is 2.50. The van der Waals surface area contributed by atoms with Crippen molar-refractivity contribution >= 4 is 38.8 Å².